The van der Waals surface area contributed by atoms with Gasteiger partial charge in [0.05, 0.1) is 27.8 Å². The Hall–Kier alpha value is -1.73. The molecule has 0 aliphatic heterocycles. The van der Waals surface area contributed by atoms with Crippen molar-refractivity contribution in [2.75, 3.05) is 6.26 Å². The molecular weight excluding hydrogens is 336 g/mol. The van der Waals surface area contributed by atoms with Crippen LogP contribution in [0.15, 0.2) is 23.6 Å². The quantitative estimate of drug-likeness (QED) is 0.762. The summed E-state index contributed by atoms with van der Waals surface area (Å²) >= 11 is 0. The van der Waals surface area contributed by atoms with Crippen molar-refractivity contribution in [3.8, 4) is 11.3 Å². The molecule has 3 rings (SSSR count). The van der Waals surface area contributed by atoms with E-state index in [1.54, 1.807) is 32.5 Å². The molecule has 2 aromatic heterocycles. The minimum absolute atomic E-state index is 0.320. The van der Waals surface area contributed by atoms with Gasteiger partial charge < -0.3 is 5.11 Å². The fraction of sp³-hybridized carbons (Fsp3) is 0.556. The van der Waals surface area contributed by atoms with Crippen LogP contribution in [0.1, 0.15) is 44.6 Å². The fourth-order valence-corrected chi connectivity index (χ4v) is 3.03. The molecule has 134 valence electrons. The molecule has 2 aromatic rings. The molecule has 1 saturated carbocycles. The summed E-state index contributed by atoms with van der Waals surface area (Å²) in [6, 6.07) is 1.81. The predicted molar refractivity (Wildman–Crippen MR) is 96.4 cm³/mol. The zero-order valence-electron chi connectivity index (χ0n) is 14.9. The van der Waals surface area contributed by atoms with Crippen molar-refractivity contribution in [3.05, 3.63) is 30.0 Å². The van der Waals surface area contributed by atoms with E-state index in [9.17, 15) is 9.32 Å². The summed E-state index contributed by atoms with van der Waals surface area (Å²) in [7, 11) is -1.23. The van der Waals surface area contributed by atoms with Crippen molar-refractivity contribution < 1.29 is 9.32 Å². The molecule has 7 heteroatoms. The zero-order valence-corrected chi connectivity index (χ0v) is 15.7. The number of rotatable bonds is 7. The Labute approximate surface area is 150 Å². The van der Waals surface area contributed by atoms with Crippen LogP contribution in [0, 0.1) is 5.92 Å². The van der Waals surface area contributed by atoms with Crippen molar-refractivity contribution in [3.63, 3.8) is 0 Å². The monoisotopic (exact) mass is 360 g/mol. The van der Waals surface area contributed by atoms with Crippen LogP contribution in [0.5, 0.6) is 0 Å². The van der Waals surface area contributed by atoms with Gasteiger partial charge in [-0.25, -0.2) is 19.9 Å². The first-order valence-electron chi connectivity index (χ1n) is 8.56. The second kappa shape index (κ2) is 7.25. The lowest BCUT2D eigenvalue weighted by Crippen LogP contribution is -2.20. The van der Waals surface area contributed by atoms with Crippen molar-refractivity contribution in [1.82, 2.24) is 19.9 Å². The Bertz CT molecular complexity index is 785. The first-order chi connectivity index (χ1) is 11.8. The van der Waals surface area contributed by atoms with E-state index in [2.05, 4.69) is 15.0 Å². The van der Waals surface area contributed by atoms with Crippen LogP contribution in [-0.2, 0) is 23.6 Å². The Morgan fingerprint density at radius 3 is 2.68 bits per heavy atom. The van der Waals surface area contributed by atoms with Gasteiger partial charge in [-0.15, -0.1) is 0 Å². The molecule has 0 amide bonds. The van der Waals surface area contributed by atoms with Crippen LogP contribution in [0.25, 0.3) is 11.3 Å². The molecule has 1 unspecified atom stereocenters. The van der Waals surface area contributed by atoms with Gasteiger partial charge in [0.1, 0.15) is 5.82 Å². The van der Waals surface area contributed by atoms with E-state index in [1.165, 1.54) is 12.8 Å². The number of nitrogens with zero attached hydrogens (tertiary/aromatic N) is 4. The second-order valence-electron chi connectivity index (χ2n) is 7.29. The highest BCUT2D eigenvalue weighted by Gasteiger charge is 2.25. The molecule has 0 saturated heterocycles. The van der Waals surface area contributed by atoms with E-state index in [-0.39, 0.29) is 0 Å². The third-order valence-electron chi connectivity index (χ3n) is 4.22. The number of aryl methyl sites for hydroxylation is 1. The molecule has 1 aliphatic carbocycles. The van der Waals surface area contributed by atoms with Gasteiger partial charge in [0.25, 0.3) is 0 Å². The molecule has 1 aliphatic rings. The summed E-state index contributed by atoms with van der Waals surface area (Å²) < 4.78 is 11.7. The first-order valence-corrected chi connectivity index (χ1v) is 10.1. The average Bonchev–Trinajstić information content (AvgIpc) is 3.36. The van der Waals surface area contributed by atoms with Gasteiger partial charge in [-0.2, -0.15) is 0 Å². The standard InChI is InChI=1S/C18H24N4O2S/c1-18(2,23)8-6-16-20-11-13(15(21-16)10-12-4-5-12)14-7-9-19-17(22-14)25(3)24/h7,9,11-12,23H,4-6,8,10H2,1-3H3. The second-order valence-corrected chi connectivity index (χ2v) is 8.56. The summed E-state index contributed by atoms with van der Waals surface area (Å²) in [5.74, 6) is 1.42. The van der Waals surface area contributed by atoms with Crippen molar-refractivity contribution in [2.24, 2.45) is 5.92 Å². The molecule has 0 radical (unpaired) electrons. The van der Waals surface area contributed by atoms with E-state index in [0.29, 0.717) is 29.6 Å². The maximum atomic E-state index is 11.7. The van der Waals surface area contributed by atoms with Crippen molar-refractivity contribution in [2.45, 2.75) is 56.7 Å². The lowest BCUT2D eigenvalue weighted by Gasteiger charge is -2.16. The lowest BCUT2D eigenvalue weighted by molar-refractivity contribution is 0.0708. The normalized spacial score (nSPS) is 16.0. The molecule has 1 atom stereocenters. The maximum Gasteiger partial charge on any atom is 0.218 e. The van der Waals surface area contributed by atoms with Gasteiger partial charge in [0, 0.05) is 30.6 Å². The SMILES string of the molecule is CS(=O)c1nccc(-c2cnc(CCC(C)(C)O)nc2CC2CC2)n1. The Morgan fingerprint density at radius 2 is 2.04 bits per heavy atom. The third kappa shape index (κ3) is 5.12. The molecule has 0 bridgehead atoms. The predicted octanol–water partition coefficient (Wildman–Crippen LogP) is 2.33. The van der Waals surface area contributed by atoms with Crippen LogP contribution in [0.3, 0.4) is 0 Å². The Morgan fingerprint density at radius 1 is 1.28 bits per heavy atom. The number of hydrogen-bond acceptors (Lipinski definition) is 6. The van der Waals surface area contributed by atoms with E-state index in [4.69, 9.17) is 4.98 Å². The van der Waals surface area contributed by atoms with Gasteiger partial charge in [-0.3, -0.25) is 4.21 Å². The highest BCUT2D eigenvalue weighted by atomic mass is 32.2. The van der Waals surface area contributed by atoms with Gasteiger partial charge in [0.15, 0.2) is 0 Å². The Balaban J connectivity index is 1.92. The van der Waals surface area contributed by atoms with Gasteiger partial charge in [-0.1, -0.05) is 0 Å². The molecule has 2 heterocycles. The highest BCUT2D eigenvalue weighted by molar-refractivity contribution is 7.84. The third-order valence-corrected chi connectivity index (χ3v) is 4.93. The van der Waals surface area contributed by atoms with Crippen LogP contribution in [0.2, 0.25) is 0 Å². The van der Waals surface area contributed by atoms with Crippen molar-refractivity contribution >= 4 is 10.8 Å². The van der Waals surface area contributed by atoms with Crippen LogP contribution in [0.4, 0.5) is 0 Å². The molecule has 1 fully saturated rings. The summed E-state index contributed by atoms with van der Waals surface area (Å²) in [5.41, 5.74) is 1.85. The van der Waals surface area contributed by atoms with Gasteiger partial charge >= 0.3 is 0 Å². The number of aliphatic hydroxyl groups is 1. The number of hydrogen-bond donors (Lipinski definition) is 1. The van der Waals surface area contributed by atoms with Crippen LogP contribution >= 0.6 is 0 Å². The van der Waals surface area contributed by atoms with E-state index < -0.39 is 16.4 Å². The maximum absolute atomic E-state index is 11.7. The van der Waals surface area contributed by atoms with E-state index >= 15 is 0 Å². The number of aromatic nitrogens is 4. The molecule has 6 nitrogen and oxygen atoms in total. The van der Waals surface area contributed by atoms with E-state index in [0.717, 1.165) is 23.5 Å². The minimum Gasteiger partial charge on any atom is -0.390 e. The highest BCUT2D eigenvalue weighted by Crippen LogP contribution is 2.34. The van der Waals surface area contributed by atoms with E-state index in [1.807, 2.05) is 6.07 Å². The zero-order chi connectivity index (χ0) is 18.0. The molecule has 0 aromatic carbocycles. The Kier molecular flexibility index (Phi) is 5.24. The van der Waals surface area contributed by atoms with Crippen molar-refractivity contribution in [1.29, 1.82) is 0 Å². The molecule has 25 heavy (non-hydrogen) atoms. The molecular formula is C18H24N4O2S. The topological polar surface area (TPSA) is 88.9 Å². The summed E-state index contributed by atoms with van der Waals surface area (Å²) in [6.45, 7) is 3.58. The average molecular weight is 360 g/mol. The summed E-state index contributed by atoms with van der Waals surface area (Å²) in [4.78, 5) is 17.7. The minimum atomic E-state index is -1.23. The smallest absolute Gasteiger partial charge is 0.218 e. The van der Waals surface area contributed by atoms with Crippen LogP contribution in [-0.4, -0.2) is 41.1 Å². The van der Waals surface area contributed by atoms with Gasteiger partial charge in [-0.05, 0) is 51.5 Å². The van der Waals surface area contributed by atoms with Crippen LogP contribution < -0.4 is 0 Å². The molecule has 1 N–H and O–H groups in total. The largest absolute Gasteiger partial charge is 0.390 e. The lowest BCUT2D eigenvalue weighted by atomic mass is 10.0. The molecule has 0 spiro atoms. The summed E-state index contributed by atoms with van der Waals surface area (Å²) in [6.07, 6.45) is 9.61. The first kappa shape index (κ1) is 18.1. The fourth-order valence-electron chi connectivity index (χ4n) is 2.59. The van der Waals surface area contributed by atoms with Gasteiger partial charge in [0.2, 0.25) is 5.16 Å². The summed E-state index contributed by atoms with van der Waals surface area (Å²) in [5, 5.41) is 10.2.